The average Bonchev–Trinajstić information content (AvgIpc) is 3.43. The molecule has 44 heavy (non-hydrogen) atoms. The molecule has 0 aliphatic carbocycles. The second-order valence-corrected chi connectivity index (χ2v) is 10.5. The SMILES string of the molecule is O=C(CN1CCCC(CO)C1)Nc1ccn(CCC(F)Cn2cc(C(=O)NCc3cccc(OC(F)(F)F)c3)nn2)c(=O)c1. The number of halogens is 4. The first-order chi connectivity index (χ1) is 21.0. The Hall–Kier alpha value is -4.31. The van der Waals surface area contributed by atoms with Gasteiger partial charge in [0.2, 0.25) is 5.91 Å². The number of ether oxygens (including phenoxy) is 1. The first-order valence-corrected chi connectivity index (χ1v) is 14.0. The maximum atomic E-state index is 14.7. The van der Waals surface area contributed by atoms with E-state index in [0.29, 0.717) is 17.8 Å². The number of likely N-dealkylation sites (tertiary alicyclic amines) is 1. The lowest BCUT2D eigenvalue weighted by Gasteiger charge is -2.31. The minimum absolute atomic E-state index is 0.0374. The summed E-state index contributed by atoms with van der Waals surface area (Å²) in [5, 5.41) is 22.0. The molecule has 16 heteroatoms. The Morgan fingerprint density at radius 1 is 1.20 bits per heavy atom. The van der Waals surface area contributed by atoms with Gasteiger partial charge in [0.15, 0.2) is 5.69 Å². The predicted molar refractivity (Wildman–Crippen MR) is 149 cm³/mol. The molecule has 1 fully saturated rings. The number of aliphatic hydroxyl groups excluding tert-OH is 1. The number of amides is 2. The molecule has 3 heterocycles. The highest BCUT2D eigenvalue weighted by Crippen LogP contribution is 2.23. The molecule has 12 nitrogen and oxygen atoms in total. The third-order valence-electron chi connectivity index (χ3n) is 6.93. The Morgan fingerprint density at radius 3 is 2.77 bits per heavy atom. The van der Waals surface area contributed by atoms with Crippen molar-refractivity contribution in [2.45, 2.75) is 51.4 Å². The van der Waals surface area contributed by atoms with Crippen LogP contribution in [-0.2, 0) is 24.4 Å². The fraction of sp³-hybridized carbons (Fsp3) is 0.464. The van der Waals surface area contributed by atoms with Crippen LogP contribution in [0.3, 0.4) is 0 Å². The number of nitrogens with one attached hydrogen (secondary N) is 2. The molecule has 2 aromatic heterocycles. The van der Waals surface area contributed by atoms with Gasteiger partial charge in [-0.2, -0.15) is 0 Å². The predicted octanol–water partition coefficient (Wildman–Crippen LogP) is 2.34. The maximum absolute atomic E-state index is 14.7. The van der Waals surface area contributed by atoms with Gasteiger partial charge in [-0.3, -0.25) is 19.3 Å². The number of aromatic nitrogens is 4. The summed E-state index contributed by atoms with van der Waals surface area (Å²) < 4.78 is 58.3. The molecule has 2 amide bonds. The topological polar surface area (TPSA) is 144 Å². The lowest BCUT2D eigenvalue weighted by atomic mass is 9.99. The first kappa shape index (κ1) is 32.6. The van der Waals surface area contributed by atoms with Gasteiger partial charge in [0.1, 0.15) is 11.9 Å². The van der Waals surface area contributed by atoms with Crippen molar-refractivity contribution in [1.29, 1.82) is 0 Å². The van der Waals surface area contributed by atoms with E-state index in [-0.39, 0.29) is 56.7 Å². The number of carbonyl (C=O) groups is 2. The summed E-state index contributed by atoms with van der Waals surface area (Å²) in [6.07, 6.45) is -1.76. The van der Waals surface area contributed by atoms with Gasteiger partial charge in [0, 0.05) is 44.2 Å². The Balaban J connectivity index is 1.20. The number of benzene rings is 1. The molecule has 1 aromatic carbocycles. The van der Waals surface area contributed by atoms with Crippen LogP contribution in [0.5, 0.6) is 5.75 Å². The average molecular weight is 624 g/mol. The van der Waals surface area contributed by atoms with E-state index in [2.05, 4.69) is 25.7 Å². The molecular formula is C28H33F4N7O5. The second kappa shape index (κ2) is 14.9. The van der Waals surface area contributed by atoms with Gasteiger partial charge in [-0.25, -0.2) is 9.07 Å². The third-order valence-corrected chi connectivity index (χ3v) is 6.93. The second-order valence-electron chi connectivity index (χ2n) is 10.5. The zero-order chi connectivity index (χ0) is 31.7. The van der Waals surface area contributed by atoms with E-state index in [9.17, 15) is 37.1 Å². The Labute approximate surface area is 249 Å². The van der Waals surface area contributed by atoms with Crippen LogP contribution in [0.25, 0.3) is 0 Å². The van der Waals surface area contributed by atoms with Crippen molar-refractivity contribution in [3.8, 4) is 5.75 Å². The lowest BCUT2D eigenvalue weighted by molar-refractivity contribution is -0.274. The number of pyridine rings is 1. The summed E-state index contributed by atoms with van der Waals surface area (Å²) >= 11 is 0. The van der Waals surface area contributed by atoms with Crippen LogP contribution < -0.4 is 20.9 Å². The maximum Gasteiger partial charge on any atom is 0.573 e. The van der Waals surface area contributed by atoms with E-state index in [1.54, 1.807) is 6.07 Å². The van der Waals surface area contributed by atoms with E-state index in [0.717, 1.165) is 36.2 Å². The molecule has 1 aliphatic rings. The van der Waals surface area contributed by atoms with E-state index >= 15 is 0 Å². The minimum atomic E-state index is -4.84. The zero-order valence-corrected chi connectivity index (χ0v) is 23.7. The number of hydrogen-bond donors (Lipinski definition) is 3. The van der Waals surface area contributed by atoms with E-state index in [1.165, 1.54) is 35.2 Å². The molecular weight excluding hydrogens is 590 g/mol. The highest BCUT2D eigenvalue weighted by Gasteiger charge is 2.31. The van der Waals surface area contributed by atoms with Gasteiger partial charge in [0.25, 0.3) is 11.5 Å². The zero-order valence-electron chi connectivity index (χ0n) is 23.7. The largest absolute Gasteiger partial charge is 0.573 e. The molecule has 3 N–H and O–H groups in total. The van der Waals surface area contributed by atoms with Crippen LogP contribution in [0.4, 0.5) is 23.2 Å². The number of carbonyl (C=O) groups excluding carboxylic acids is 2. The van der Waals surface area contributed by atoms with Gasteiger partial charge in [-0.15, -0.1) is 18.3 Å². The summed E-state index contributed by atoms with van der Waals surface area (Å²) in [5.74, 6) is -1.19. The summed E-state index contributed by atoms with van der Waals surface area (Å²) in [6, 6.07) is 7.95. The van der Waals surface area contributed by atoms with Crippen molar-refractivity contribution in [2.75, 3.05) is 31.6 Å². The molecule has 0 spiro atoms. The summed E-state index contributed by atoms with van der Waals surface area (Å²) in [6.45, 7) is 1.37. The van der Waals surface area contributed by atoms with Gasteiger partial charge < -0.3 is 25.0 Å². The molecule has 0 bridgehead atoms. The van der Waals surface area contributed by atoms with Crippen LogP contribution in [0.15, 0.2) is 53.6 Å². The number of hydrogen-bond acceptors (Lipinski definition) is 8. The minimum Gasteiger partial charge on any atom is -0.406 e. The number of piperidine rings is 1. The van der Waals surface area contributed by atoms with Gasteiger partial charge in [0.05, 0.1) is 19.3 Å². The highest BCUT2D eigenvalue weighted by atomic mass is 19.4. The van der Waals surface area contributed by atoms with Crippen LogP contribution >= 0.6 is 0 Å². The number of anilines is 1. The monoisotopic (exact) mass is 623 g/mol. The normalized spacial score (nSPS) is 16.3. The third kappa shape index (κ3) is 10.2. The van der Waals surface area contributed by atoms with Gasteiger partial charge in [-0.05, 0) is 55.5 Å². The highest BCUT2D eigenvalue weighted by molar-refractivity contribution is 5.92. The Kier molecular flexibility index (Phi) is 11.1. The molecule has 1 saturated heterocycles. The van der Waals surface area contributed by atoms with Crippen molar-refractivity contribution >= 4 is 17.5 Å². The van der Waals surface area contributed by atoms with Gasteiger partial charge >= 0.3 is 6.36 Å². The summed E-state index contributed by atoms with van der Waals surface area (Å²) in [5.41, 5.74) is 0.168. The van der Waals surface area contributed by atoms with Crippen molar-refractivity contribution in [1.82, 2.24) is 29.8 Å². The fourth-order valence-corrected chi connectivity index (χ4v) is 4.81. The number of nitrogens with zero attached hydrogens (tertiary/aromatic N) is 5. The summed E-state index contributed by atoms with van der Waals surface area (Å²) in [7, 11) is 0. The summed E-state index contributed by atoms with van der Waals surface area (Å²) in [4.78, 5) is 39.3. The van der Waals surface area contributed by atoms with E-state index in [4.69, 9.17) is 0 Å². The molecule has 0 saturated carbocycles. The molecule has 1 aliphatic heterocycles. The van der Waals surface area contributed by atoms with Crippen molar-refractivity contribution < 1.29 is 37.0 Å². The van der Waals surface area contributed by atoms with Crippen molar-refractivity contribution in [3.63, 3.8) is 0 Å². The number of aryl methyl sites for hydroxylation is 1. The fourth-order valence-electron chi connectivity index (χ4n) is 4.81. The first-order valence-electron chi connectivity index (χ1n) is 14.0. The smallest absolute Gasteiger partial charge is 0.406 e. The molecule has 4 rings (SSSR count). The number of rotatable bonds is 13. The quantitative estimate of drug-likeness (QED) is 0.246. The van der Waals surface area contributed by atoms with Gasteiger partial charge in [-0.1, -0.05) is 17.3 Å². The van der Waals surface area contributed by atoms with Crippen LogP contribution in [0.1, 0.15) is 35.3 Å². The molecule has 2 atom stereocenters. The van der Waals surface area contributed by atoms with Crippen molar-refractivity contribution in [3.05, 3.63) is 70.4 Å². The van der Waals surface area contributed by atoms with Crippen LogP contribution in [0, 0.1) is 5.92 Å². The molecule has 2 unspecified atom stereocenters. The number of aliphatic hydroxyl groups is 1. The van der Waals surface area contributed by atoms with E-state index in [1.807, 2.05) is 4.90 Å². The Morgan fingerprint density at radius 2 is 2.02 bits per heavy atom. The number of alkyl halides is 4. The standard InChI is InChI=1S/C28H33F4N7O5/c29-21(6-9-38-10-7-22(12-26(38)42)34-25(41)17-37-8-2-4-20(14-37)18-40)15-39-16-24(35-36-39)27(43)33-13-19-3-1-5-23(11-19)44-28(30,31)32/h1,3,5,7,10-12,16,20-21,40H,2,4,6,8-9,13-15,17-18H2,(H,33,43)(H,34,41). The molecule has 3 aromatic rings. The van der Waals surface area contributed by atoms with Crippen molar-refractivity contribution in [2.24, 2.45) is 5.92 Å². The Bertz CT molecular complexity index is 1480. The lowest BCUT2D eigenvalue weighted by Crippen LogP contribution is -2.41. The van der Waals surface area contributed by atoms with E-state index < -0.39 is 29.7 Å². The van der Waals surface area contributed by atoms with Crippen LogP contribution in [-0.4, -0.2) is 80.2 Å². The van der Waals surface area contributed by atoms with Crippen LogP contribution in [0.2, 0.25) is 0 Å². The molecule has 238 valence electrons. The molecule has 0 radical (unpaired) electrons.